The Morgan fingerprint density at radius 3 is 2.05 bits per heavy atom. The minimum atomic E-state index is -0.708. The standard InChI is InChI=1S/C17H24NO3/c1-5-16(6-2)12-17(11-15(3,4)18(16)19)20-13-9-7-8-10-14(13)21-17/h7-10H,5-6,11-12H2,1-4H3. The third-order valence-corrected chi connectivity index (χ3v) is 5.04. The number of hydroxylamine groups is 2. The lowest BCUT2D eigenvalue weighted by molar-refractivity contribution is -0.336. The molecule has 2 aliphatic rings. The van der Waals surface area contributed by atoms with Gasteiger partial charge < -0.3 is 9.47 Å². The number of para-hydroxylation sites is 2. The number of hydrogen-bond donors (Lipinski definition) is 0. The quantitative estimate of drug-likeness (QED) is 0.828. The van der Waals surface area contributed by atoms with Gasteiger partial charge in [-0.3, -0.25) is 0 Å². The maximum atomic E-state index is 12.8. The van der Waals surface area contributed by atoms with Crippen molar-refractivity contribution in [2.24, 2.45) is 0 Å². The van der Waals surface area contributed by atoms with Crippen LogP contribution in [0.15, 0.2) is 24.3 Å². The van der Waals surface area contributed by atoms with Crippen molar-refractivity contribution in [3.05, 3.63) is 24.3 Å². The predicted octanol–water partition coefficient (Wildman–Crippen LogP) is 3.93. The number of piperidine rings is 1. The number of benzene rings is 1. The highest BCUT2D eigenvalue weighted by Crippen LogP contribution is 2.52. The van der Waals surface area contributed by atoms with Crippen molar-refractivity contribution < 1.29 is 14.7 Å². The Morgan fingerprint density at radius 2 is 1.57 bits per heavy atom. The molecule has 1 radical (unpaired) electrons. The van der Waals surface area contributed by atoms with Crippen LogP contribution in [0.4, 0.5) is 0 Å². The van der Waals surface area contributed by atoms with E-state index >= 15 is 0 Å². The molecule has 0 aromatic heterocycles. The van der Waals surface area contributed by atoms with E-state index in [1.165, 1.54) is 5.06 Å². The highest BCUT2D eigenvalue weighted by Gasteiger charge is 2.60. The van der Waals surface area contributed by atoms with Gasteiger partial charge in [0.05, 0.1) is 11.1 Å². The molecule has 1 fully saturated rings. The van der Waals surface area contributed by atoms with Crippen LogP contribution in [-0.4, -0.2) is 21.9 Å². The minimum Gasteiger partial charge on any atom is -0.448 e. The van der Waals surface area contributed by atoms with Crippen LogP contribution in [0.3, 0.4) is 0 Å². The Morgan fingerprint density at radius 1 is 1.05 bits per heavy atom. The van der Waals surface area contributed by atoms with Crippen molar-refractivity contribution in [2.45, 2.75) is 70.2 Å². The fourth-order valence-corrected chi connectivity index (χ4v) is 3.98. The van der Waals surface area contributed by atoms with Crippen molar-refractivity contribution in [1.29, 1.82) is 0 Å². The lowest BCUT2D eigenvalue weighted by atomic mass is 9.73. The monoisotopic (exact) mass is 290 g/mol. The Balaban J connectivity index is 1.99. The molecule has 1 aromatic carbocycles. The molecular formula is C17H24NO3. The molecule has 4 nitrogen and oxygen atoms in total. The minimum absolute atomic E-state index is 0.427. The van der Waals surface area contributed by atoms with E-state index in [1.807, 2.05) is 38.1 Å². The second-order valence-corrected chi connectivity index (χ2v) is 6.95. The molecule has 1 spiro atoms. The lowest BCUT2D eigenvalue weighted by Gasteiger charge is -2.54. The SMILES string of the molecule is CCC1(CC)CC2(CC(C)(C)N1[O])Oc1ccccc1O2. The molecule has 0 unspecified atom stereocenters. The molecule has 0 N–H and O–H groups in total. The van der Waals surface area contributed by atoms with Crippen LogP contribution in [0.2, 0.25) is 0 Å². The molecule has 21 heavy (non-hydrogen) atoms. The van der Waals surface area contributed by atoms with Gasteiger partial charge in [-0.25, -0.2) is 0 Å². The molecule has 0 saturated carbocycles. The van der Waals surface area contributed by atoms with Crippen molar-refractivity contribution in [2.75, 3.05) is 0 Å². The molecular weight excluding hydrogens is 266 g/mol. The average molecular weight is 290 g/mol. The molecule has 2 aliphatic heterocycles. The average Bonchev–Trinajstić information content (AvgIpc) is 2.79. The molecule has 0 bridgehead atoms. The van der Waals surface area contributed by atoms with Gasteiger partial charge in [-0.1, -0.05) is 26.0 Å². The van der Waals surface area contributed by atoms with Gasteiger partial charge in [-0.05, 0) is 38.8 Å². The van der Waals surface area contributed by atoms with Gasteiger partial charge in [0.25, 0.3) is 5.79 Å². The third kappa shape index (κ3) is 2.12. The largest absolute Gasteiger partial charge is 0.448 e. The molecule has 2 heterocycles. The molecule has 0 aliphatic carbocycles. The fraction of sp³-hybridized carbons (Fsp3) is 0.647. The summed E-state index contributed by atoms with van der Waals surface area (Å²) in [5.74, 6) is 0.864. The molecule has 1 saturated heterocycles. The van der Waals surface area contributed by atoms with Crippen LogP contribution in [0.25, 0.3) is 0 Å². The first-order valence-electron chi connectivity index (χ1n) is 7.81. The van der Waals surface area contributed by atoms with Crippen LogP contribution in [0, 0.1) is 0 Å². The summed E-state index contributed by atoms with van der Waals surface area (Å²) in [6.07, 6.45) is 2.76. The van der Waals surface area contributed by atoms with Crippen molar-refractivity contribution in [3.8, 4) is 11.5 Å². The van der Waals surface area contributed by atoms with Gasteiger partial charge in [0, 0.05) is 12.8 Å². The number of ether oxygens (including phenoxy) is 2. The zero-order chi connectivity index (χ0) is 15.3. The van der Waals surface area contributed by atoms with Crippen LogP contribution >= 0.6 is 0 Å². The van der Waals surface area contributed by atoms with Crippen molar-refractivity contribution in [1.82, 2.24) is 5.06 Å². The Hall–Kier alpha value is -1.26. The molecule has 0 atom stereocenters. The topological polar surface area (TPSA) is 41.6 Å². The number of nitrogens with zero attached hydrogens (tertiary/aromatic N) is 1. The van der Waals surface area contributed by atoms with Gasteiger partial charge in [0.15, 0.2) is 11.5 Å². The maximum Gasteiger partial charge on any atom is 0.255 e. The van der Waals surface area contributed by atoms with Gasteiger partial charge in [-0.15, -0.1) is 10.3 Å². The second-order valence-electron chi connectivity index (χ2n) is 6.95. The third-order valence-electron chi connectivity index (χ3n) is 5.04. The highest BCUT2D eigenvalue weighted by atomic mass is 16.7. The Labute approximate surface area is 126 Å². The predicted molar refractivity (Wildman–Crippen MR) is 79.6 cm³/mol. The van der Waals surface area contributed by atoms with Crippen molar-refractivity contribution >= 4 is 0 Å². The zero-order valence-electron chi connectivity index (χ0n) is 13.3. The summed E-state index contributed by atoms with van der Waals surface area (Å²) in [4.78, 5) is 0. The summed E-state index contributed by atoms with van der Waals surface area (Å²) in [6.45, 7) is 8.12. The summed E-state index contributed by atoms with van der Waals surface area (Å²) in [7, 11) is 0. The first kappa shape index (κ1) is 14.7. The highest BCUT2D eigenvalue weighted by molar-refractivity contribution is 5.43. The van der Waals surface area contributed by atoms with Crippen LogP contribution < -0.4 is 9.47 Å². The van der Waals surface area contributed by atoms with E-state index in [9.17, 15) is 5.21 Å². The summed E-state index contributed by atoms with van der Waals surface area (Å²) in [6, 6.07) is 7.75. The number of fused-ring (bicyclic) bond motifs is 1. The van der Waals surface area contributed by atoms with E-state index in [-0.39, 0.29) is 0 Å². The molecule has 4 heteroatoms. The summed E-state index contributed by atoms with van der Waals surface area (Å²) >= 11 is 0. The normalized spacial score (nSPS) is 25.2. The molecule has 0 amide bonds. The first-order chi connectivity index (χ1) is 9.86. The van der Waals surface area contributed by atoms with Gasteiger partial charge >= 0.3 is 0 Å². The first-order valence-corrected chi connectivity index (χ1v) is 7.81. The van der Waals surface area contributed by atoms with Gasteiger partial charge in [-0.2, -0.15) is 0 Å². The Kier molecular flexibility index (Phi) is 3.22. The van der Waals surface area contributed by atoms with Gasteiger partial charge in [0.1, 0.15) is 0 Å². The van der Waals surface area contributed by atoms with E-state index in [4.69, 9.17) is 9.47 Å². The van der Waals surface area contributed by atoms with Gasteiger partial charge in [0.2, 0.25) is 0 Å². The molecule has 1 aromatic rings. The number of hydrogen-bond acceptors (Lipinski definition) is 3. The van der Waals surface area contributed by atoms with Crippen molar-refractivity contribution in [3.63, 3.8) is 0 Å². The smallest absolute Gasteiger partial charge is 0.255 e. The lowest BCUT2D eigenvalue weighted by Crippen LogP contribution is -2.67. The maximum absolute atomic E-state index is 12.8. The molecule has 115 valence electrons. The fourth-order valence-electron chi connectivity index (χ4n) is 3.98. The van der Waals surface area contributed by atoms with E-state index in [0.29, 0.717) is 12.8 Å². The molecule has 3 rings (SSSR count). The zero-order valence-corrected chi connectivity index (χ0v) is 13.3. The van der Waals surface area contributed by atoms with Crippen LogP contribution in [0.1, 0.15) is 53.4 Å². The second kappa shape index (κ2) is 4.62. The number of rotatable bonds is 2. The van der Waals surface area contributed by atoms with Crippen LogP contribution in [0.5, 0.6) is 11.5 Å². The van der Waals surface area contributed by atoms with E-state index in [2.05, 4.69) is 13.8 Å². The van der Waals surface area contributed by atoms with E-state index in [1.54, 1.807) is 0 Å². The summed E-state index contributed by atoms with van der Waals surface area (Å²) in [5, 5.41) is 14.1. The van der Waals surface area contributed by atoms with E-state index < -0.39 is 16.9 Å². The van der Waals surface area contributed by atoms with Crippen LogP contribution in [-0.2, 0) is 5.21 Å². The van der Waals surface area contributed by atoms with E-state index in [0.717, 1.165) is 24.3 Å². The summed E-state index contributed by atoms with van der Waals surface area (Å²) < 4.78 is 12.4. The Bertz CT molecular complexity index is 512. The summed E-state index contributed by atoms with van der Waals surface area (Å²) in [5.41, 5.74) is -0.934.